The van der Waals surface area contributed by atoms with E-state index in [-0.39, 0.29) is 22.1 Å². The molecular weight excluding hydrogens is 368 g/mol. The molecule has 2 aromatic carbocycles. The molecule has 27 heavy (non-hydrogen) atoms. The van der Waals surface area contributed by atoms with E-state index in [4.69, 9.17) is 0 Å². The number of carbonyl (C=O) groups excluding carboxylic acids is 1. The van der Waals surface area contributed by atoms with Gasteiger partial charge in [0, 0.05) is 24.7 Å². The summed E-state index contributed by atoms with van der Waals surface area (Å²) in [4.78, 5) is 24.5. The summed E-state index contributed by atoms with van der Waals surface area (Å²) in [5, 5.41) is 11.5. The number of likely N-dealkylation sites (tertiary alicyclic amines) is 1. The van der Waals surface area contributed by atoms with Crippen molar-refractivity contribution in [2.45, 2.75) is 30.4 Å². The number of hydrogen-bond donors (Lipinski definition) is 0. The summed E-state index contributed by atoms with van der Waals surface area (Å²) in [6.45, 7) is 3.01. The number of nitro groups is 1. The quantitative estimate of drug-likeness (QED) is 0.579. The first-order valence-electron chi connectivity index (χ1n) is 8.64. The Morgan fingerprint density at radius 1 is 1.15 bits per heavy atom. The van der Waals surface area contributed by atoms with Crippen molar-refractivity contribution < 1.29 is 18.1 Å². The van der Waals surface area contributed by atoms with Crippen molar-refractivity contribution in [2.75, 3.05) is 13.1 Å². The van der Waals surface area contributed by atoms with Gasteiger partial charge in [0.2, 0.25) is 0 Å². The van der Waals surface area contributed by atoms with Crippen LogP contribution in [0.3, 0.4) is 0 Å². The van der Waals surface area contributed by atoms with Crippen molar-refractivity contribution in [3.05, 3.63) is 69.3 Å². The van der Waals surface area contributed by atoms with E-state index in [0.29, 0.717) is 18.7 Å². The Labute approximate surface area is 157 Å². The number of carbonyl (C=O) groups is 1. The van der Waals surface area contributed by atoms with E-state index in [0.717, 1.165) is 24.5 Å². The first kappa shape index (κ1) is 19.0. The predicted molar refractivity (Wildman–Crippen MR) is 100 cm³/mol. The average Bonchev–Trinajstić information content (AvgIpc) is 3.17. The number of rotatable bonds is 5. The number of amides is 1. The largest absolute Gasteiger partial charge is 0.339 e. The Kier molecular flexibility index (Phi) is 5.27. The van der Waals surface area contributed by atoms with Crippen molar-refractivity contribution >= 4 is 21.4 Å². The molecule has 7 nitrogen and oxygen atoms in total. The lowest BCUT2D eigenvalue weighted by Crippen LogP contribution is -2.27. The Hall–Kier alpha value is -2.74. The van der Waals surface area contributed by atoms with E-state index in [1.165, 1.54) is 12.1 Å². The zero-order valence-corrected chi connectivity index (χ0v) is 15.7. The molecule has 0 aromatic heterocycles. The van der Waals surface area contributed by atoms with E-state index in [1.54, 1.807) is 36.1 Å². The fourth-order valence-electron chi connectivity index (χ4n) is 3.21. The number of nitro benzene ring substituents is 1. The summed E-state index contributed by atoms with van der Waals surface area (Å²) < 4.78 is 25.6. The van der Waals surface area contributed by atoms with Crippen molar-refractivity contribution in [2.24, 2.45) is 0 Å². The Bertz CT molecular complexity index is 995. The molecular formula is C19H20N2O5S. The summed E-state index contributed by atoms with van der Waals surface area (Å²) in [7, 11) is -3.94. The van der Waals surface area contributed by atoms with Crippen LogP contribution in [0.1, 0.15) is 34.3 Å². The van der Waals surface area contributed by atoms with Crippen LogP contribution in [0.15, 0.2) is 47.4 Å². The maximum Gasteiger partial charge on any atom is 0.288 e. The smallest absolute Gasteiger partial charge is 0.288 e. The lowest BCUT2D eigenvalue weighted by molar-refractivity contribution is -0.387. The normalized spacial score (nSPS) is 14.3. The molecule has 142 valence electrons. The van der Waals surface area contributed by atoms with Gasteiger partial charge in [0.25, 0.3) is 11.6 Å². The van der Waals surface area contributed by atoms with E-state index in [2.05, 4.69) is 0 Å². The van der Waals surface area contributed by atoms with Gasteiger partial charge >= 0.3 is 0 Å². The van der Waals surface area contributed by atoms with Crippen molar-refractivity contribution in [1.29, 1.82) is 0 Å². The number of nitrogens with zero attached hydrogens (tertiary/aromatic N) is 2. The van der Waals surface area contributed by atoms with Crippen LogP contribution in [0, 0.1) is 17.0 Å². The molecule has 1 amide bonds. The molecule has 0 unspecified atom stereocenters. The SMILES string of the molecule is Cc1ccccc1CS(=O)(=O)c1ccc(C(=O)N2CCCC2)cc1[N+](=O)[O-]. The third kappa shape index (κ3) is 4.00. The molecule has 8 heteroatoms. The molecule has 0 radical (unpaired) electrons. The summed E-state index contributed by atoms with van der Waals surface area (Å²) in [5.41, 5.74) is 0.959. The zero-order chi connectivity index (χ0) is 19.6. The number of benzene rings is 2. The number of sulfone groups is 1. The molecule has 3 rings (SSSR count). The summed E-state index contributed by atoms with van der Waals surface area (Å²) in [6.07, 6.45) is 1.80. The second-order valence-electron chi connectivity index (χ2n) is 6.62. The molecule has 1 heterocycles. The minimum atomic E-state index is -3.94. The van der Waals surface area contributed by atoms with Gasteiger partial charge in [-0.2, -0.15) is 0 Å². The topological polar surface area (TPSA) is 97.6 Å². The van der Waals surface area contributed by atoms with E-state index >= 15 is 0 Å². The minimum absolute atomic E-state index is 0.137. The van der Waals surface area contributed by atoms with Crippen LogP contribution in [-0.2, 0) is 15.6 Å². The average molecular weight is 388 g/mol. The van der Waals surface area contributed by atoms with E-state index in [9.17, 15) is 23.3 Å². The molecule has 1 aliphatic heterocycles. The number of hydrogen-bond acceptors (Lipinski definition) is 5. The monoisotopic (exact) mass is 388 g/mol. The molecule has 2 aromatic rings. The molecule has 0 spiro atoms. The van der Waals surface area contributed by atoms with Crippen LogP contribution in [0.25, 0.3) is 0 Å². The van der Waals surface area contributed by atoms with Crippen LogP contribution in [0.5, 0.6) is 0 Å². The second kappa shape index (κ2) is 7.48. The van der Waals surface area contributed by atoms with Gasteiger partial charge < -0.3 is 4.90 Å². The fourth-order valence-corrected chi connectivity index (χ4v) is 4.83. The third-order valence-electron chi connectivity index (χ3n) is 4.74. The van der Waals surface area contributed by atoms with Gasteiger partial charge in [-0.05, 0) is 43.0 Å². The van der Waals surface area contributed by atoms with E-state index < -0.39 is 20.4 Å². The Balaban J connectivity index is 1.98. The maximum absolute atomic E-state index is 12.8. The van der Waals surface area contributed by atoms with Crippen LogP contribution in [-0.4, -0.2) is 37.2 Å². The third-order valence-corrected chi connectivity index (χ3v) is 6.44. The lowest BCUT2D eigenvalue weighted by atomic mass is 10.1. The van der Waals surface area contributed by atoms with Gasteiger partial charge in [-0.25, -0.2) is 8.42 Å². The zero-order valence-electron chi connectivity index (χ0n) is 14.9. The summed E-state index contributed by atoms with van der Waals surface area (Å²) in [6, 6.07) is 10.6. The molecule has 0 N–H and O–H groups in total. The lowest BCUT2D eigenvalue weighted by Gasteiger charge is -2.15. The van der Waals surface area contributed by atoms with Crippen LogP contribution in [0.4, 0.5) is 5.69 Å². The highest BCUT2D eigenvalue weighted by atomic mass is 32.2. The molecule has 0 saturated carbocycles. The standard InChI is InChI=1S/C19H20N2O5S/c1-14-6-2-3-7-16(14)13-27(25,26)18-9-8-15(12-17(18)21(23)24)19(22)20-10-4-5-11-20/h2-3,6-9,12H,4-5,10-11,13H2,1H3. The van der Waals surface area contributed by atoms with Gasteiger partial charge in [0.1, 0.15) is 4.90 Å². The second-order valence-corrected chi connectivity index (χ2v) is 8.58. The van der Waals surface area contributed by atoms with Gasteiger partial charge in [-0.15, -0.1) is 0 Å². The van der Waals surface area contributed by atoms with Gasteiger partial charge in [0.15, 0.2) is 9.84 Å². The summed E-state index contributed by atoms with van der Waals surface area (Å²) in [5.74, 6) is -0.640. The van der Waals surface area contributed by atoms with Crippen molar-refractivity contribution in [3.63, 3.8) is 0 Å². The highest BCUT2D eigenvalue weighted by Gasteiger charge is 2.29. The Morgan fingerprint density at radius 3 is 2.44 bits per heavy atom. The highest BCUT2D eigenvalue weighted by molar-refractivity contribution is 7.90. The van der Waals surface area contributed by atoms with Crippen LogP contribution >= 0.6 is 0 Å². The van der Waals surface area contributed by atoms with Crippen LogP contribution in [0.2, 0.25) is 0 Å². The molecule has 1 aliphatic rings. The van der Waals surface area contributed by atoms with Crippen molar-refractivity contribution in [1.82, 2.24) is 4.90 Å². The molecule has 1 fully saturated rings. The first-order chi connectivity index (χ1) is 12.8. The van der Waals surface area contributed by atoms with E-state index in [1.807, 2.05) is 0 Å². The maximum atomic E-state index is 12.8. The van der Waals surface area contributed by atoms with Crippen LogP contribution < -0.4 is 0 Å². The molecule has 1 saturated heterocycles. The Morgan fingerprint density at radius 2 is 1.81 bits per heavy atom. The number of aryl methyl sites for hydroxylation is 1. The minimum Gasteiger partial charge on any atom is -0.339 e. The fraction of sp³-hybridized carbons (Fsp3) is 0.316. The molecule has 0 aliphatic carbocycles. The van der Waals surface area contributed by atoms with Gasteiger partial charge in [0.05, 0.1) is 10.7 Å². The summed E-state index contributed by atoms with van der Waals surface area (Å²) >= 11 is 0. The molecule has 0 bridgehead atoms. The molecule has 0 atom stereocenters. The van der Waals surface area contributed by atoms with Crippen molar-refractivity contribution in [3.8, 4) is 0 Å². The first-order valence-corrected chi connectivity index (χ1v) is 10.3. The highest BCUT2D eigenvalue weighted by Crippen LogP contribution is 2.29. The van der Waals surface area contributed by atoms with Gasteiger partial charge in [-0.1, -0.05) is 24.3 Å². The van der Waals surface area contributed by atoms with Gasteiger partial charge in [-0.3, -0.25) is 14.9 Å². The predicted octanol–water partition coefficient (Wildman–Crippen LogP) is 3.11.